The van der Waals surface area contributed by atoms with Gasteiger partial charge in [-0.15, -0.1) is 0 Å². The number of amides is 2. The summed E-state index contributed by atoms with van der Waals surface area (Å²) in [5, 5.41) is 21.6. The van der Waals surface area contributed by atoms with Crippen LogP contribution in [0.1, 0.15) is 71.4 Å². The minimum atomic E-state index is -5.08. The maximum atomic E-state index is 12.5. The zero-order chi connectivity index (χ0) is 52.0. The van der Waals surface area contributed by atoms with Gasteiger partial charge in [0.05, 0.1) is 12.1 Å². The molecule has 0 spiro atoms. The fourth-order valence-electron chi connectivity index (χ4n) is 5.90. The lowest BCUT2D eigenvalue weighted by Gasteiger charge is -2.22. The second kappa shape index (κ2) is 31.8. The number of nitrogens with one attached hydrogen (secondary N) is 2. The van der Waals surface area contributed by atoms with E-state index in [9.17, 15) is 37.1 Å². The molecular weight excluding hydrogens is 894 g/mol. The molecule has 0 aliphatic heterocycles. The van der Waals surface area contributed by atoms with E-state index in [-0.39, 0.29) is 35.7 Å². The number of aryl methyl sites for hydroxylation is 2. The largest absolute Gasteiger partial charge is 0.490 e. The van der Waals surface area contributed by atoms with E-state index in [1.54, 1.807) is 58.7 Å². The number of ketones is 2. The van der Waals surface area contributed by atoms with Crippen molar-refractivity contribution in [1.29, 1.82) is 0 Å². The maximum Gasteiger partial charge on any atom is 0.490 e. The van der Waals surface area contributed by atoms with E-state index in [0.717, 1.165) is 42.3 Å². The number of carbonyl (C=O) groups excluding carboxylic acids is 4. The van der Waals surface area contributed by atoms with Gasteiger partial charge in [0.25, 0.3) is 0 Å². The summed E-state index contributed by atoms with van der Waals surface area (Å²) in [6.07, 6.45) is 3.81. The summed E-state index contributed by atoms with van der Waals surface area (Å²) in [6.45, 7) is 8.54. The molecule has 13 nitrogen and oxygen atoms in total. The number of halogens is 3. The molecule has 2 amide bonds. The van der Waals surface area contributed by atoms with Crippen LogP contribution in [0.4, 0.5) is 29.3 Å². The fraction of sp³-hybridized carbons (Fsp3) is 0.358. The van der Waals surface area contributed by atoms with Crippen LogP contribution in [0.25, 0.3) is 0 Å². The molecule has 4 rings (SSSR count). The third-order valence-electron chi connectivity index (χ3n) is 9.75. The van der Waals surface area contributed by atoms with Gasteiger partial charge in [-0.1, -0.05) is 109 Å². The SMILES string of the molecule is CNc1ccccc1.C[C@H](N)C(=O)C[C@H](/C=C/C(=O)N(C)c1ccccc1)CCc1ccccc1.C[C@H](NC(=O)OC(C)(C)C)C(=O)C[C@H](/C=C/C(=O)O)CCc1ccccc1.O=C(O)C(F)(F)F. The minimum Gasteiger partial charge on any atom is -0.478 e. The molecule has 0 heterocycles. The molecule has 16 heteroatoms. The van der Waals surface area contributed by atoms with Crippen molar-refractivity contribution in [3.8, 4) is 0 Å². The number of alkyl carbamates (subject to hydrolysis) is 1. The Labute approximate surface area is 403 Å². The Balaban J connectivity index is 0.000000530. The number of allylic oxidation sites excluding steroid dienone is 2. The van der Waals surface area contributed by atoms with Gasteiger partial charge in [-0.25, -0.2) is 14.4 Å². The number of aliphatic carboxylic acids is 2. The molecule has 69 heavy (non-hydrogen) atoms. The van der Waals surface area contributed by atoms with Crippen molar-refractivity contribution < 1.29 is 56.9 Å². The molecule has 0 saturated carbocycles. The number of alkyl halides is 3. The quantitative estimate of drug-likeness (QED) is 0.0559. The Hall–Kier alpha value is -7.07. The highest BCUT2D eigenvalue weighted by Gasteiger charge is 2.38. The molecule has 0 saturated heterocycles. The summed E-state index contributed by atoms with van der Waals surface area (Å²) < 4.78 is 36.9. The molecule has 4 aromatic carbocycles. The first-order valence-corrected chi connectivity index (χ1v) is 22.2. The monoisotopic (exact) mass is 960 g/mol. The number of nitrogens with zero attached hydrogens (tertiary/aromatic N) is 1. The number of carboxylic acids is 2. The number of anilines is 2. The molecule has 0 fully saturated rings. The minimum absolute atomic E-state index is 0.0153. The van der Waals surface area contributed by atoms with Gasteiger partial charge in [-0.2, -0.15) is 13.2 Å². The van der Waals surface area contributed by atoms with Crippen LogP contribution >= 0.6 is 0 Å². The van der Waals surface area contributed by atoms with Crippen LogP contribution < -0.4 is 21.3 Å². The average Bonchev–Trinajstić information content (AvgIpc) is 3.31. The number of ether oxygens (including phenoxy) is 1. The van der Waals surface area contributed by atoms with Crippen molar-refractivity contribution in [2.45, 2.75) is 97.0 Å². The first-order chi connectivity index (χ1) is 32.4. The van der Waals surface area contributed by atoms with Crippen LogP contribution in [0.15, 0.2) is 146 Å². The van der Waals surface area contributed by atoms with Crippen molar-refractivity contribution in [2.75, 3.05) is 24.3 Å². The maximum absolute atomic E-state index is 12.5. The second-order valence-corrected chi connectivity index (χ2v) is 16.8. The zero-order valence-electron chi connectivity index (χ0n) is 40.3. The number of carbonyl (C=O) groups is 6. The third-order valence-corrected chi connectivity index (χ3v) is 9.75. The molecule has 4 aromatic rings. The highest BCUT2D eigenvalue weighted by atomic mass is 19.4. The zero-order valence-corrected chi connectivity index (χ0v) is 40.3. The van der Waals surface area contributed by atoms with Crippen molar-refractivity contribution >= 4 is 46.9 Å². The van der Waals surface area contributed by atoms with Crippen LogP contribution in [-0.2, 0) is 41.6 Å². The summed E-state index contributed by atoms with van der Waals surface area (Å²) in [5.74, 6) is -4.32. The van der Waals surface area contributed by atoms with Crippen LogP contribution in [0.3, 0.4) is 0 Å². The third kappa shape index (κ3) is 28.7. The van der Waals surface area contributed by atoms with E-state index in [1.807, 2.05) is 122 Å². The number of Topliss-reactive ketones (excluding diaryl/α,β-unsaturated/α-hetero) is 2. The second-order valence-electron chi connectivity index (χ2n) is 16.8. The lowest BCUT2D eigenvalue weighted by molar-refractivity contribution is -0.192. The van der Waals surface area contributed by atoms with E-state index in [2.05, 4.69) is 22.8 Å². The normalized spacial score (nSPS) is 12.7. The highest BCUT2D eigenvalue weighted by Crippen LogP contribution is 2.19. The number of hydrogen-bond donors (Lipinski definition) is 5. The van der Waals surface area contributed by atoms with Crippen LogP contribution in [-0.4, -0.2) is 83.7 Å². The van der Waals surface area contributed by atoms with E-state index in [1.165, 1.54) is 5.56 Å². The molecule has 0 aliphatic carbocycles. The lowest BCUT2D eigenvalue weighted by atomic mass is 9.92. The Morgan fingerprint density at radius 2 is 1.09 bits per heavy atom. The predicted octanol–water partition coefficient (Wildman–Crippen LogP) is 9.87. The molecule has 374 valence electrons. The Bertz CT molecular complexity index is 2200. The summed E-state index contributed by atoms with van der Waals surface area (Å²) in [5.41, 5.74) is 9.42. The predicted molar refractivity (Wildman–Crippen MR) is 264 cm³/mol. The molecular formula is C53H67F3N4O9. The smallest absolute Gasteiger partial charge is 0.478 e. The number of carboxylic acid groups (broad SMARTS) is 2. The number of para-hydroxylation sites is 2. The summed E-state index contributed by atoms with van der Waals surface area (Å²) in [7, 11) is 3.66. The van der Waals surface area contributed by atoms with E-state index in [0.29, 0.717) is 12.8 Å². The Kier molecular flexibility index (Phi) is 27.6. The number of nitrogens with two attached hydrogens (primary N) is 1. The van der Waals surface area contributed by atoms with Crippen molar-refractivity contribution in [3.63, 3.8) is 0 Å². The van der Waals surface area contributed by atoms with Gasteiger partial charge in [-0.05, 0) is 114 Å². The summed E-state index contributed by atoms with van der Waals surface area (Å²) in [4.78, 5) is 70.2. The topological polar surface area (TPSA) is 205 Å². The first kappa shape index (κ1) is 59.9. The van der Waals surface area contributed by atoms with E-state index in [4.69, 9.17) is 25.5 Å². The molecule has 0 unspecified atom stereocenters. The van der Waals surface area contributed by atoms with Gasteiger partial charge < -0.3 is 36.2 Å². The van der Waals surface area contributed by atoms with Gasteiger partial charge >= 0.3 is 24.2 Å². The van der Waals surface area contributed by atoms with Crippen LogP contribution in [0.5, 0.6) is 0 Å². The van der Waals surface area contributed by atoms with Crippen molar-refractivity contribution in [1.82, 2.24) is 5.32 Å². The van der Waals surface area contributed by atoms with E-state index >= 15 is 0 Å². The molecule has 4 atom stereocenters. The molecule has 0 radical (unpaired) electrons. The molecule has 0 bridgehead atoms. The van der Waals surface area contributed by atoms with Gasteiger partial charge in [0.2, 0.25) is 5.91 Å². The number of likely N-dealkylation sites (N-methyl/N-ethyl adjacent to an activating group) is 1. The fourth-order valence-corrected chi connectivity index (χ4v) is 5.90. The van der Waals surface area contributed by atoms with Gasteiger partial charge in [-0.3, -0.25) is 14.4 Å². The molecule has 6 N–H and O–H groups in total. The summed E-state index contributed by atoms with van der Waals surface area (Å²) >= 11 is 0. The van der Waals surface area contributed by atoms with Gasteiger partial charge in [0, 0.05) is 44.4 Å². The van der Waals surface area contributed by atoms with E-state index < -0.39 is 41.9 Å². The Morgan fingerprint density at radius 1 is 0.681 bits per heavy atom. The summed E-state index contributed by atoms with van der Waals surface area (Å²) in [6, 6.07) is 38.3. The standard InChI is InChI=1S/C23H28N2O2.C21H29NO5.C7H9N.C2HF3O2/c1-18(24)22(26)17-20(14-13-19-9-5-3-6-10-19)15-16-23(27)25(2)21-11-7-4-8-12-21;1-15(22-20(26)27-21(2,3)4)18(23)14-17(12-13-19(24)25)11-10-16-8-6-5-7-9-16;1-8-7-5-3-2-4-6-7;3-2(4,5)1(6)7/h3-12,15-16,18,20H,13-14,17,24H2,1-2H3;5-9,12-13,15,17H,10-11,14H2,1-4H3,(H,22,26)(H,24,25);2-6,8H,1H3;(H,6,7)/b16-15+;13-12+;;/t18-,20-;15-,17-;;/m00../s1. The van der Waals surface area contributed by atoms with Crippen LogP contribution in [0.2, 0.25) is 0 Å². The average molecular weight is 961 g/mol. The number of rotatable bonds is 19. The molecule has 0 aromatic heterocycles. The van der Waals surface area contributed by atoms with Crippen molar-refractivity contribution in [2.24, 2.45) is 17.6 Å². The number of benzene rings is 4. The van der Waals surface area contributed by atoms with Gasteiger partial charge in [0.15, 0.2) is 5.78 Å². The lowest BCUT2D eigenvalue weighted by Crippen LogP contribution is -2.42. The Morgan fingerprint density at radius 3 is 1.46 bits per heavy atom. The van der Waals surface area contributed by atoms with Crippen LogP contribution in [0, 0.1) is 11.8 Å². The first-order valence-electron chi connectivity index (χ1n) is 22.2. The van der Waals surface area contributed by atoms with Gasteiger partial charge in [0.1, 0.15) is 11.4 Å². The number of hydrogen-bond acceptors (Lipinski definition) is 9. The van der Waals surface area contributed by atoms with Crippen molar-refractivity contribution in [3.05, 3.63) is 157 Å². The molecule has 0 aliphatic rings. The highest BCUT2D eigenvalue weighted by molar-refractivity contribution is 6.01.